The van der Waals surface area contributed by atoms with E-state index in [-0.39, 0.29) is 28.0 Å². The van der Waals surface area contributed by atoms with Gasteiger partial charge in [0, 0.05) is 41.8 Å². The monoisotopic (exact) mass is 949 g/mol. The van der Waals surface area contributed by atoms with Crippen LogP contribution in [-0.4, -0.2) is 61.1 Å². The Morgan fingerprint density at radius 2 is 1.70 bits per heavy atom. The maximum atomic E-state index is 15.5. The van der Waals surface area contributed by atoms with Crippen molar-refractivity contribution in [2.45, 2.75) is 62.8 Å². The summed E-state index contributed by atoms with van der Waals surface area (Å²) in [6.45, 7) is -2.41. The Morgan fingerprint density at radius 1 is 1.00 bits per heavy atom. The number of alkyl halides is 9. The number of pyridine rings is 1. The van der Waals surface area contributed by atoms with Gasteiger partial charge in [0.2, 0.25) is 15.9 Å². The smallest absolute Gasteiger partial charge is 0.344 e. The predicted molar refractivity (Wildman–Crippen MR) is 204 cm³/mol. The molecule has 0 aliphatic heterocycles. The molecule has 0 spiro atoms. The average molecular weight is 950 g/mol. The standard InChI is InChI=1S/C38H27ClF11N9O4S/c1-64(62,63)56-35-30-21(39)3-4-24(32(30)57(55-35)13-26(42)43)59-28(61)11-22(16-2-5-25(51-12-16)38(48,49)50)53-36(59)23(8-15-6-17(40)9-18(41)7-15)52-27(60)14-58-33-29(31(54-58)34(44)45)19-10-20(19)37(33,46)47/h2-7,9,11-12,19-20,23,26,34H,8,10,13-14H2,1H3,(H,52,60)(H,55,56)/t19-,20+,23-/m0/s1. The van der Waals surface area contributed by atoms with Crippen LogP contribution >= 0.6 is 11.6 Å². The summed E-state index contributed by atoms with van der Waals surface area (Å²) in [6.07, 6.45) is -10.8. The van der Waals surface area contributed by atoms with E-state index in [1.807, 2.05) is 4.72 Å². The van der Waals surface area contributed by atoms with Gasteiger partial charge in [-0.1, -0.05) is 11.6 Å². The van der Waals surface area contributed by atoms with Crippen molar-refractivity contribution in [3.05, 3.63) is 116 Å². The zero-order valence-corrected chi connectivity index (χ0v) is 33.7. The van der Waals surface area contributed by atoms with Crippen LogP contribution in [0.4, 0.5) is 54.1 Å². The second-order valence-corrected chi connectivity index (χ2v) is 17.1. The number of fused-ring (bicyclic) bond motifs is 4. The van der Waals surface area contributed by atoms with Crippen molar-refractivity contribution in [3.63, 3.8) is 0 Å². The third-order valence-corrected chi connectivity index (χ3v) is 11.3. The number of anilines is 1. The fourth-order valence-corrected chi connectivity index (χ4v) is 8.65. The molecule has 2 aliphatic rings. The Morgan fingerprint density at radius 3 is 2.31 bits per heavy atom. The van der Waals surface area contributed by atoms with Gasteiger partial charge in [-0.05, 0) is 54.3 Å². The first kappa shape index (κ1) is 44.5. The SMILES string of the molecule is CS(=O)(=O)Nc1nn(CC(F)F)c2c(-n3c([C@H](Cc4cc(F)cc(F)c4)NC(=O)Cn4nc(C(F)F)c5c4C(F)(F)[C@@H]4C[C@H]54)nc(-c4ccc(C(F)(F)F)nc4)cc3=O)ccc(Cl)c12. The van der Waals surface area contributed by atoms with Crippen molar-refractivity contribution >= 4 is 44.3 Å². The number of benzene rings is 2. The summed E-state index contributed by atoms with van der Waals surface area (Å²) < 4.78 is 185. The molecule has 6 aromatic rings. The van der Waals surface area contributed by atoms with Crippen molar-refractivity contribution in [2.75, 3.05) is 11.0 Å². The molecule has 338 valence electrons. The van der Waals surface area contributed by atoms with Crippen LogP contribution < -0.4 is 15.6 Å². The normalized spacial score (nSPS) is 17.2. The first-order valence-electron chi connectivity index (χ1n) is 18.6. The molecule has 4 aromatic heterocycles. The highest BCUT2D eigenvalue weighted by Crippen LogP contribution is 2.68. The molecule has 26 heteroatoms. The van der Waals surface area contributed by atoms with E-state index in [0.29, 0.717) is 38.5 Å². The lowest BCUT2D eigenvalue weighted by atomic mass is 10.0. The second-order valence-electron chi connectivity index (χ2n) is 15.0. The van der Waals surface area contributed by atoms with E-state index in [9.17, 15) is 57.5 Å². The lowest BCUT2D eigenvalue weighted by Crippen LogP contribution is -2.38. The molecule has 2 aromatic carbocycles. The summed E-state index contributed by atoms with van der Waals surface area (Å²) in [6, 6.07) is 4.63. The summed E-state index contributed by atoms with van der Waals surface area (Å²) in [5.41, 5.74) is -6.61. The molecule has 64 heavy (non-hydrogen) atoms. The summed E-state index contributed by atoms with van der Waals surface area (Å²) in [5, 5.41) is 9.37. The molecule has 0 saturated heterocycles. The Balaban J connectivity index is 1.35. The molecule has 13 nitrogen and oxygen atoms in total. The lowest BCUT2D eigenvalue weighted by Gasteiger charge is -2.24. The first-order chi connectivity index (χ1) is 29.9. The molecule has 0 radical (unpaired) electrons. The number of amides is 1. The van der Waals surface area contributed by atoms with Gasteiger partial charge in [0.05, 0.1) is 39.6 Å². The largest absolute Gasteiger partial charge is 0.433 e. The van der Waals surface area contributed by atoms with E-state index >= 15 is 8.78 Å². The average Bonchev–Trinajstić information content (AvgIpc) is 3.71. The third kappa shape index (κ3) is 8.36. The predicted octanol–water partition coefficient (Wildman–Crippen LogP) is 7.67. The summed E-state index contributed by atoms with van der Waals surface area (Å²) in [5.74, 6) is -10.7. The van der Waals surface area contributed by atoms with Gasteiger partial charge in [-0.15, -0.1) is 0 Å². The number of carbonyl (C=O) groups is 1. The quantitative estimate of drug-likeness (QED) is 0.112. The highest BCUT2D eigenvalue weighted by molar-refractivity contribution is 7.92. The van der Waals surface area contributed by atoms with Crippen LogP contribution in [0, 0.1) is 17.6 Å². The van der Waals surface area contributed by atoms with E-state index in [2.05, 4.69) is 25.5 Å². The van der Waals surface area contributed by atoms with Crippen molar-refractivity contribution in [3.8, 4) is 16.9 Å². The number of nitrogens with one attached hydrogen (secondary N) is 2. The maximum absolute atomic E-state index is 15.5. The van der Waals surface area contributed by atoms with E-state index in [1.165, 1.54) is 0 Å². The molecule has 2 N–H and O–H groups in total. The van der Waals surface area contributed by atoms with Crippen LogP contribution in [0.5, 0.6) is 0 Å². The number of rotatable bonds is 13. The van der Waals surface area contributed by atoms with E-state index in [4.69, 9.17) is 11.6 Å². The van der Waals surface area contributed by atoms with Crippen molar-refractivity contribution in [2.24, 2.45) is 5.92 Å². The van der Waals surface area contributed by atoms with Crippen LogP contribution in [-0.2, 0) is 46.4 Å². The van der Waals surface area contributed by atoms with Crippen LogP contribution in [0.3, 0.4) is 0 Å². The number of halogens is 12. The van der Waals surface area contributed by atoms with Gasteiger partial charge < -0.3 is 5.32 Å². The molecule has 1 fully saturated rings. The highest BCUT2D eigenvalue weighted by Gasteiger charge is 2.67. The van der Waals surface area contributed by atoms with Gasteiger partial charge in [0.1, 0.15) is 47.6 Å². The maximum Gasteiger partial charge on any atom is 0.433 e. The van der Waals surface area contributed by atoms with Gasteiger partial charge in [-0.25, -0.2) is 39.7 Å². The number of sulfonamides is 1. The lowest BCUT2D eigenvalue weighted by molar-refractivity contribution is -0.141. The topological polar surface area (TPSA) is 159 Å². The molecule has 2 aliphatic carbocycles. The Labute approximate surface area is 356 Å². The fourth-order valence-electron chi connectivity index (χ4n) is 7.91. The minimum absolute atomic E-state index is 0.0993. The zero-order valence-electron chi connectivity index (χ0n) is 32.1. The van der Waals surface area contributed by atoms with Gasteiger partial charge in [0.25, 0.3) is 24.3 Å². The van der Waals surface area contributed by atoms with Crippen LogP contribution in [0.15, 0.2) is 59.5 Å². The van der Waals surface area contributed by atoms with Crippen LogP contribution in [0.1, 0.15) is 58.8 Å². The van der Waals surface area contributed by atoms with Crippen LogP contribution in [0.25, 0.3) is 27.8 Å². The fraction of sp³-hybridized carbons (Fsp3) is 0.316. The molecule has 0 unspecified atom stereocenters. The van der Waals surface area contributed by atoms with Crippen molar-refractivity contribution in [1.82, 2.24) is 39.4 Å². The first-order valence-corrected chi connectivity index (χ1v) is 20.8. The molecule has 1 amide bonds. The number of aromatic nitrogens is 7. The number of carbonyl (C=O) groups excluding carboxylic acids is 1. The number of hydrogen-bond acceptors (Lipinski definition) is 8. The van der Waals surface area contributed by atoms with E-state index in [0.717, 1.165) is 36.4 Å². The molecule has 1 saturated carbocycles. The molecule has 8 rings (SSSR count). The van der Waals surface area contributed by atoms with Gasteiger partial charge in [-0.2, -0.15) is 32.1 Å². The van der Waals surface area contributed by atoms with E-state index < -0.39 is 147 Å². The molecular formula is C38H27ClF11N9O4S. The molecule has 3 atom stereocenters. The van der Waals surface area contributed by atoms with Gasteiger partial charge >= 0.3 is 6.18 Å². The molecule has 0 bridgehead atoms. The van der Waals surface area contributed by atoms with Gasteiger partial charge in [0.15, 0.2) is 5.82 Å². The minimum Gasteiger partial charge on any atom is -0.344 e. The second kappa shape index (κ2) is 15.8. The summed E-state index contributed by atoms with van der Waals surface area (Å²) >= 11 is 6.47. The minimum atomic E-state index is -4.91. The zero-order chi connectivity index (χ0) is 46.4. The van der Waals surface area contributed by atoms with Crippen LogP contribution in [0.2, 0.25) is 5.02 Å². The highest BCUT2D eigenvalue weighted by atomic mass is 35.5. The van der Waals surface area contributed by atoms with Gasteiger partial charge in [-0.3, -0.25) is 33.2 Å². The third-order valence-electron chi connectivity index (χ3n) is 10.4. The Bertz CT molecular complexity index is 3010. The summed E-state index contributed by atoms with van der Waals surface area (Å²) in [4.78, 5) is 36.4. The molecule has 4 heterocycles. The van der Waals surface area contributed by atoms with Crippen molar-refractivity contribution in [1.29, 1.82) is 0 Å². The van der Waals surface area contributed by atoms with Crippen molar-refractivity contribution < 1.29 is 61.5 Å². The number of nitrogens with zero attached hydrogens (tertiary/aromatic N) is 7. The Kier molecular flexibility index (Phi) is 11.0. The number of hydrogen-bond donors (Lipinski definition) is 2. The Hall–Kier alpha value is -6.11. The molecular weight excluding hydrogens is 923 g/mol. The van der Waals surface area contributed by atoms with E-state index in [1.54, 1.807) is 0 Å². The summed E-state index contributed by atoms with van der Waals surface area (Å²) in [7, 11) is -4.19.